The molecule has 2 saturated heterocycles. The zero-order valence-corrected chi connectivity index (χ0v) is 24.6. The number of nitrogens with one attached hydrogen (secondary N) is 2. The zero-order chi connectivity index (χ0) is 29.4. The number of nitriles is 1. The molecule has 0 bridgehead atoms. The summed E-state index contributed by atoms with van der Waals surface area (Å²) in [6, 6.07) is 8.09. The van der Waals surface area contributed by atoms with Crippen LogP contribution in [0.15, 0.2) is 36.8 Å². The number of carboxylic acid groups (broad SMARTS) is 1. The van der Waals surface area contributed by atoms with E-state index in [1.807, 2.05) is 23.3 Å². The number of thioether (sulfide) groups is 1. The quantitative estimate of drug-likeness (QED) is 0.328. The molecule has 2 aliphatic heterocycles. The second kappa shape index (κ2) is 14.5. The first-order chi connectivity index (χ1) is 19.9. The maximum absolute atomic E-state index is 14.1. The van der Waals surface area contributed by atoms with Crippen LogP contribution in [0, 0.1) is 17.2 Å². The zero-order valence-electron chi connectivity index (χ0n) is 23.8. The number of aromatic nitrogens is 2. The number of carbonyl (C=O) groups is 3. The summed E-state index contributed by atoms with van der Waals surface area (Å²) in [5.74, 6) is -0.859. The van der Waals surface area contributed by atoms with Crippen LogP contribution in [0.1, 0.15) is 61.8 Å². The first kappa shape index (κ1) is 30.6. The number of aliphatic carboxylic acids is 1. The number of hydrogen-bond acceptors (Lipinski definition) is 7. The van der Waals surface area contributed by atoms with E-state index in [0.717, 1.165) is 43.5 Å². The summed E-state index contributed by atoms with van der Waals surface area (Å²) >= 11 is 1.56. The molecule has 3 unspecified atom stereocenters. The van der Waals surface area contributed by atoms with Crippen LogP contribution in [0.3, 0.4) is 0 Å². The Morgan fingerprint density at radius 3 is 2.66 bits per heavy atom. The lowest BCUT2D eigenvalue weighted by molar-refractivity contribution is -0.143. The normalized spacial score (nSPS) is 22.3. The van der Waals surface area contributed by atoms with Crippen molar-refractivity contribution in [1.29, 1.82) is 5.26 Å². The molecule has 220 valence electrons. The van der Waals surface area contributed by atoms with Crippen molar-refractivity contribution in [3.8, 4) is 6.07 Å². The van der Waals surface area contributed by atoms with E-state index in [1.165, 1.54) is 0 Å². The van der Waals surface area contributed by atoms with Gasteiger partial charge in [0.2, 0.25) is 11.8 Å². The second-order valence-electron chi connectivity index (χ2n) is 11.0. The molecule has 0 radical (unpaired) electrons. The third-order valence-electron chi connectivity index (χ3n) is 8.47. The Morgan fingerprint density at radius 1 is 1.24 bits per heavy atom. The molecule has 0 aliphatic carbocycles. The minimum atomic E-state index is -1.01. The summed E-state index contributed by atoms with van der Waals surface area (Å²) < 4.78 is 0. The number of aromatic amines is 1. The van der Waals surface area contributed by atoms with E-state index < -0.39 is 24.0 Å². The molecule has 11 heteroatoms. The minimum absolute atomic E-state index is 0.0244. The number of rotatable bonds is 13. The summed E-state index contributed by atoms with van der Waals surface area (Å²) in [6.07, 6.45) is 9.50. The van der Waals surface area contributed by atoms with Crippen LogP contribution in [-0.2, 0) is 20.8 Å². The van der Waals surface area contributed by atoms with Gasteiger partial charge in [-0.2, -0.15) is 17.0 Å². The predicted octanol–water partition coefficient (Wildman–Crippen LogP) is 3.02. The van der Waals surface area contributed by atoms with Gasteiger partial charge in [-0.15, -0.1) is 0 Å². The fourth-order valence-electron chi connectivity index (χ4n) is 6.21. The van der Waals surface area contributed by atoms with Crippen LogP contribution in [0.4, 0.5) is 0 Å². The topological polar surface area (TPSA) is 142 Å². The lowest BCUT2D eigenvalue weighted by Crippen LogP contribution is -2.54. The van der Waals surface area contributed by atoms with Crippen molar-refractivity contribution in [2.45, 2.75) is 69.5 Å². The molecular weight excluding hydrogens is 540 g/mol. The van der Waals surface area contributed by atoms with Crippen molar-refractivity contribution in [3.63, 3.8) is 0 Å². The Balaban J connectivity index is 1.49. The van der Waals surface area contributed by atoms with E-state index in [0.29, 0.717) is 37.2 Å². The summed E-state index contributed by atoms with van der Waals surface area (Å²) in [5, 5.41) is 21.6. The summed E-state index contributed by atoms with van der Waals surface area (Å²) in [7, 11) is 0. The van der Waals surface area contributed by atoms with Crippen LogP contribution >= 0.6 is 11.8 Å². The van der Waals surface area contributed by atoms with Crippen molar-refractivity contribution in [2.24, 2.45) is 5.92 Å². The van der Waals surface area contributed by atoms with Gasteiger partial charge in [0.25, 0.3) is 0 Å². The highest BCUT2D eigenvalue weighted by atomic mass is 32.2. The number of likely N-dealkylation sites (tertiary alicyclic amines) is 2. The maximum atomic E-state index is 14.1. The van der Waals surface area contributed by atoms with E-state index >= 15 is 0 Å². The van der Waals surface area contributed by atoms with Gasteiger partial charge in [-0.05, 0) is 74.3 Å². The standard InChI is InChI=1S/C30H40N6O4S/c1-3-22-10-13-35(27(22)28(37)34-25(30(39)40)11-14-41-2)18-23-5-4-12-36(23)29(38)24(26-17-32-19-33-26)15-20-6-8-21(16-31)9-7-20/h6-9,17,19,22-25,27H,3-5,10-15,18H2,1-2H3,(H,32,33)(H,34,37)(H,39,40)/t22-,23-,24?,25?,27?/m0/s1. The second-order valence-corrected chi connectivity index (χ2v) is 12.0. The predicted molar refractivity (Wildman–Crippen MR) is 157 cm³/mol. The fourth-order valence-corrected chi connectivity index (χ4v) is 6.69. The molecule has 2 aliphatic rings. The number of carbonyl (C=O) groups excluding carboxylic acids is 2. The number of H-pyrrole nitrogens is 1. The van der Waals surface area contributed by atoms with Crippen LogP contribution in [-0.4, -0.2) is 92.4 Å². The molecule has 41 heavy (non-hydrogen) atoms. The maximum Gasteiger partial charge on any atom is 0.326 e. The monoisotopic (exact) mass is 580 g/mol. The highest BCUT2D eigenvalue weighted by Crippen LogP contribution is 2.32. The Hall–Kier alpha value is -3.36. The molecule has 3 heterocycles. The van der Waals surface area contributed by atoms with E-state index in [1.54, 1.807) is 36.4 Å². The number of amides is 2. The molecule has 4 rings (SSSR count). The molecule has 0 saturated carbocycles. The summed E-state index contributed by atoms with van der Waals surface area (Å²) in [6.45, 7) is 4.04. The lowest BCUT2D eigenvalue weighted by atomic mass is 9.94. The van der Waals surface area contributed by atoms with Gasteiger partial charge in [0.1, 0.15) is 6.04 Å². The number of benzene rings is 1. The SMILES string of the molecule is CC[C@H]1CCN(C[C@@H]2CCCN2C(=O)C(Cc2ccc(C#N)cc2)c2cnc[nH]2)C1C(=O)NC(CCSC)C(=O)O. The van der Waals surface area contributed by atoms with Gasteiger partial charge in [-0.3, -0.25) is 14.5 Å². The molecule has 3 N–H and O–H groups in total. The summed E-state index contributed by atoms with van der Waals surface area (Å²) in [5.41, 5.74) is 2.29. The molecule has 2 aromatic rings. The average Bonchev–Trinajstić information content (AvgIpc) is 3.75. The molecule has 5 atom stereocenters. The van der Waals surface area contributed by atoms with Crippen molar-refractivity contribution in [1.82, 2.24) is 25.1 Å². The lowest BCUT2D eigenvalue weighted by Gasteiger charge is -2.34. The largest absolute Gasteiger partial charge is 0.480 e. The Morgan fingerprint density at radius 2 is 2.02 bits per heavy atom. The number of hydrogen-bond donors (Lipinski definition) is 3. The van der Waals surface area contributed by atoms with Crippen molar-refractivity contribution >= 4 is 29.5 Å². The Labute approximate surface area is 245 Å². The highest BCUT2D eigenvalue weighted by molar-refractivity contribution is 7.98. The molecule has 1 aromatic carbocycles. The van der Waals surface area contributed by atoms with Gasteiger partial charge < -0.3 is 20.3 Å². The molecule has 2 fully saturated rings. The average molecular weight is 581 g/mol. The van der Waals surface area contributed by atoms with Crippen LogP contribution in [0.5, 0.6) is 0 Å². The number of carboxylic acids is 1. The van der Waals surface area contributed by atoms with E-state index in [-0.39, 0.29) is 23.8 Å². The van der Waals surface area contributed by atoms with Crippen LogP contribution in [0.2, 0.25) is 0 Å². The summed E-state index contributed by atoms with van der Waals surface area (Å²) in [4.78, 5) is 50.8. The van der Waals surface area contributed by atoms with Crippen LogP contribution in [0.25, 0.3) is 0 Å². The van der Waals surface area contributed by atoms with Crippen molar-refractivity contribution in [2.75, 3.05) is 31.6 Å². The molecular formula is C30H40N6O4S. The van der Waals surface area contributed by atoms with Crippen molar-refractivity contribution in [3.05, 3.63) is 53.6 Å². The fraction of sp³-hybridized carbons (Fsp3) is 0.567. The van der Waals surface area contributed by atoms with Gasteiger partial charge in [0.15, 0.2) is 0 Å². The molecule has 2 amide bonds. The van der Waals surface area contributed by atoms with Crippen molar-refractivity contribution < 1.29 is 19.5 Å². The van der Waals surface area contributed by atoms with E-state index in [4.69, 9.17) is 5.26 Å². The van der Waals surface area contributed by atoms with E-state index in [2.05, 4.69) is 33.2 Å². The first-order valence-corrected chi connectivity index (χ1v) is 15.8. The van der Waals surface area contributed by atoms with Gasteiger partial charge in [-0.1, -0.05) is 25.5 Å². The molecule has 10 nitrogen and oxygen atoms in total. The third-order valence-corrected chi connectivity index (χ3v) is 9.11. The minimum Gasteiger partial charge on any atom is -0.480 e. The Kier molecular flexibility index (Phi) is 10.8. The number of imidazole rings is 1. The van der Waals surface area contributed by atoms with Gasteiger partial charge in [-0.25, -0.2) is 9.78 Å². The third kappa shape index (κ3) is 7.49. The first-order valence-electron chi connectivity index (χ1n) is 14.4. The van der Waals surface area contributed by atoms with Gasteiger partial charge in [0.05, 0.1) is 29.9 Å². The Bertz CT molecular complexity index is 1210. The smallest absolute Gasteiger partial charge is 0.326 e. The van der Waals surface area contributed by atoms with Crippen LogP contribution < -0.4 is 5.32 Å². The highest BCUT2D eigenvalue weighted by Gasteiger charge is 2.43. The van der Waals surface area contributed by atoms with Gasteiger partial charge >= 0.3 is 5.97 Å². The number of nitrogens with zero attached hydrogens (tertiary/aromatic N) is 4. The van der Waals surface area contributed by atoms with E-state index in [9.17, 15) is 19.5 Å². The molecule has 1 aromatic heterocycles. The van der Waals surface area contributed by atoms with Gasteiger partial charge in [0, 0.05) is 31.0 Å². The molecule has 0 spiro atoms.